The number of fused-ring (bicyclic) bond motifs is 1. The molecule has 0 atom stereocenters. The highest BCUT2D eigenvalue weighted by molar-refractivity contribution is 8.04. The summed E-state index contributed by atoms with van der Waals surface area (Å²) in [5, 5.41) is 5.87. The van der Waals surface area contributed by atoms with E-state index in [0.29, 0.717) is 22.7 Å². The van der Waals surface area contributed by atoms with E-state index in [1.54, 1.807) is 23.9 Å². The zero-order valence-corrected chi connectivity index (χ0v) is 18.7. The third-order valence-corrected chi connectivity index (χ3v) is 6.73. The van der Waals surface area contributed by atoms with E-state index < -0.39 is 0 Å². The molecule has 1 aliphatic heterocycles. The van der Waals surface area contributed by atoms with Crippen LogP contribution in [0.3, 0.4) is 0 Å². The molecule has 156 valence electrons. The van der Waals surface area contributed by atoms with E-state index in [0.717, 1.165) is 16.9 Å². The molecule has 1 aliphatic rings. The average Bonchev–Trinajstić information content (AvgIpc) is 2.80. The fourth-order valence-electron chi connectivity index (χ4n) is 3.22. The predicted molar refractivity (Wildman–Crippen MR) is 130 cm³/mol. The van der Waals surface area contributed by atoms with Crippen LogP contribution in [0.5, 0.6) is 0 Å². The van der Waals surface area contributed by atoms with Gasteiger partial charge in [-0.15, -0.1) is 11.8 Å². The maximum absolute atomic E-state index is 12.6. The molecule has 0 saturated heterocycles. The first-order valence-electron chi connectivity index (χ1n) is 9.93. The van der Waals surface area contributed by atoms with Crippen molar-refractivity contribution in [3.05, 3.63) is 94.4 Å². The molecule has 0 spiro atoms. The number of anilines is 1. The first-order chi connectivity index (χ1) is 15.1. The highest BCUT2D eigenvalue weighted by Gasteiger charge is 2.22. The Hall–Kier alpha value is -2.96. The van der Waals surface area contributed by atoms with Crippen molar-refractivity contribution in [2.24, 2.45) is 0 Å². The van der Waals surface area contributed by atoms with Crippen molar-refractivity contribution in [1.82, 2.24) is 5.32 Å². The van der Waals surface area contributed by atoms with Crippen LogP contribution in [0.25, 0.3) is 6.08 Å². The number of carbonyl (C=O) groups is 2. The van der Waals surface area contributed by atoms with Crippen molar-refractivity contribution < 1.29 is 9.59 Å². The van der Waals surface area contributed by atoms with Gasteiger partial charge in [-0.05, 0) is 60.2 Å². The second kappa shape index (κ2) is 9.90. The van der Waals surface area contributed by atoms with E-state index in [2.05, 4.69) is 41.2 Å². The molecule has 0 unspecified atom stereocenters. The van der Waals surface area contributed by atoms with Gasteiger partial charge >= 0.3 is 0 Å². The predicted octanol–water partition coefficient (Wildman–Crippen LogP) is 5.47. The number of rotatable bonds is 6. The van der Waals surface area contributed by atoms with E-state index in [9.17, 15) is 9.59 Å². The zero-order chi connectivity index (χ0) is 21.6. The molecule has 2 amide bonds. The lowest BCUT2D eigenvalue weighted by atomic mass is 10.1. The van der Waals surface area contributed by atoms with Crippen molar-refractivity contribution in [2.45, 2.75) is 16.2 Å². The molecule has 0 fully saturated rings. The molecular formula is C25H22N2O2S2. The molecule has 0 saturated carbocycles. The monoisotopic (exact) mass is 446 g/mol. The molecule has 3 aromatic carbocycles. The van der Waals surface area contributed by atoms with Gasteiger partial charge in [-0.3, -0.25) is 9.59 Å². The number of nitrogens with one attached hydrogen (secondary N) is 2. The summed E-state index contributed by atoms with van der Waals surface area (Å²) < 4.78 is 0. The summed E-state index contributed by atoms with van der Waals surface area (Å²) in [6.07, 6.45) is 4.69. The molecule has 1 heterocycles. The Morgan fingerprint density at radius 2 is 1.84 bits per heavy atom. The maximum atomic E-state index is 12.6. The van der Waals surface area contributed by atoms with Gasteiger partial charge in [0.2, 0.25) is 0 Å². The number of benzene rings is 3. The van der Waals surface area contributed by atoms with Gasteiger partial charge < -0.3 is 10.6 Å². The molecule has 31 heavy (non-hydrogen) atoms. The largest absolute Gasteiger partial charge is 0.352 e. The van der Waals surface area contributed by atoms with Crippen molar-refractivity contribution >= 4 is 47.1 Å². The zero-order valence-electron chi connectivity index (χ0n) is 17.1. The first-order valence-corrected chi connectivity index (χ1v) is 12.0. The molecule has 4 nitrogen and oxygen atoms in total. The number of hydrogen-bond acceptors (Lipinski definition) is 4. The second-order valence-corrected chi connectivity index (χ2v) is 9.00. The summed E-state index contributed by atoms with van der Waals surface area (Å²) in [7, 11) is 0. The fourth-order valence-corrected chi connectivity index (χ4v) is 4.56. The molecule has 2 N–H and O–H groups in total. The molecule has 0 radical (unpaired) electrons. The van der Waals surface area contributed by atoms with Crippen LogP contribution in [0.4, 0.5) is 5.69 Å². The van der Waals surface area contributed by atoms with Crippen LogP contribution >= 0.6 is 23.5 Å². The van der Waals surface area contributed by atoms with Gasteiger partial charge in [0.1, 0.15) is 0 Å². The van der Waals surface area contributed by atoms with E-state index in [-0.39, 0.29) is 11.8 Å². The lowest BCUT2D eigenvalue weighted by Crippen LogP contribution is -2.26. The standard InChI is InChI=1S/C25H22N2O2S2/c1-30-20-10-7-17(8-11-20)13-14-26-24(28)19-9-12-22-21(16-19)27-25(29)23(31-22)15-18-5-3-2-4-6-18/h2-12,15-16H,13-14H2,1H3,(H,26,28)(H,27,29). The summed E-state index contributed by atoms with van der Waals surface area (Å²) in [4.78, 5) is 27.9. The van der Waals surface area contributed by atoms with E-state index in [4.69, 9.17) is 0 Å². The minimum absolute atomic E-state index is 0.145. The minimum Gasteiger partial charge on any atom is -0.352 e. The van der Waals surface area contributed by atoms with Crippen LogP contribution in [-0.4, -0.2) is 24.6 Å². The highest BCUT2D eigenvalue weighted by atomic mass is 32.2. The normalized spacial score (nSPS) is 14.1. The Kier molecular flexibility index (Phi) is 6.79. The third-order valence-electron chi connectivity index (χ3n) is 4.89. The second-order valence-electron chi connectivity index (χ2n) is 7.04. The number of amides is 2. The molecule has 0 bridgehead atoms. The van der Waals surface area contributed by atoms with Crippen LogP contribution in [0.2, 0.25) is 0 Å². The highest BCUT2D eigenvalue weighted by Crippen LogP contribution is 2.39. The van der Waals surface area contributed by atoms with Gasteiger partial charge in [0.15, 0.2) is 0 Å². The lowest BCUT2D eigenvalue weighted by Gasteiger charge is -2.19. The summed E-state index contributed by atoms with van der Waals surface area (Å²) in [6, 6.07) is 23.5. The Labute approximate surface area is 190 Å². The van der Waals surface area contributed by atoms with Gasteiger partial charge in [0.05, 0.1) is 10.6 Å². The maximum Gasteiger partial charge on any atom is 0.262 e. The van der Waals surface area contributed by atoms with Gasteiger partial charge in [-0.25, -0.2) is 0 Å². The van der Waals surface area contributed by atoms with Crippen LogP contribution in [0.15, 0.2) is 87.5 Å². The van der Waals surface area contributed by atoms with E-state index in [1.165, 1.54) is 22.2 Å². The van der Waals surface area contributed by atoms with E-state index >= 15 is 0 Å². The van der Waals surface area contributed by atoms with Crippen LogP contribution in [-0.2, 0) is 11.2 Å². The Balaban J connectivity index is 1.39. The molecular weight excluding hydrogens is 424 g/mol. The van der Waals surface area contributed by atoms with Gasteiger partial charge in [-0.1, -0.05) is 54.2 Å². The fraction of sp³-hybridized carbons (Fsp3) is 0.120. The van der Waals surface area contributed by atoms with Gasteiger partial charge in [0.25, 0.3) is 11.8 Å². The van der Waals surface area contributed by atoms with Crippen LogP contribution in [0.1, 0.15) is 21.5 Å². The number of carbonyl (C=O) groups excluding carboxylic acids is 2. The lowest BCUT2D eigenvalue weighted by molar-refractivity contribution is -0.112. The number of hydrogen-bond donors (Lipinski definition) is 2. The molecule has 0 aliphatic carbocycles. The van der Waals surface area contributed by atoms with Crippen molar-refractivity contribution in [3.8, 4) is 0 Å². The summed E-state index contributed by atoms with van der Waals surface area (Å²) >= 11 is 3.12. The minimum atomic E-state index is -0.160. The SMILES string of the molecule is CSc1ccc(CCNC(=O)c2ccc3c(c2)NC(=O)C(=Cc2ccccc2)S3)cc1. The first kappa shape index (κ1) is 21.3. The average molecular weight is 447 g/mol. The van der Waals surface area contributed by atoms with E-state index in [1.807, 2.05) is 42.5 Å². The third kappa shape index (κ3) is 5.40. The van der Waals surface area contributed by atoms with Crippen LogP contribution < -0.4 is 10.6 Å². The molecule has 6 heteroatoms. The number of thioether (sulfide) groups is 2. The quantitative estimate of drug-likeness (QED) is 0.390. The van der Waals surface area contributed by atoms with Crippen molar-refractivity contribution in [2.75, 3.05) is 18.1 Å². The van der Waals surface area contributed by atoms with Crippen molar-refractivity contribution in [1.29, 1.82) is 0 Å². The van der Waals surface area contributed by atoms with Crippen LogP contribution in [0, 0.1) is 0 Å². The smallest absolute Gasteiger partial charge is 0.262 e. The van der Waals surface area contributed by atoms with Crippen molar-refractivity contribution in [3.63, 3.8) is 0 Å². The molecule has 3 aromatic rings. The van der Waals surface area contributed by atoms with Gasteiger partial charge in [-0.2, -0.15) is 0 Å². The summed E-state index contributed by atoms with van der Waals surface area (Å²) in [5.74, 6) is -0.305. The summed E-state index contributed by atoms with van der Waals surface area (Å²) in [6.45, 7) is 0.555. The Morgan fingerprint density at radius 1 is 1.06 bits per heavy atom. The van der Waals surface area contributed by atoms with Gasteiger partial charge in [0, 0.05) is 21.9 Å². The summed E-state index contributed by atoms with van der Waals surface area (Å²) in [5.41, 5.74) is 3.36. The molecule has 0 aromatic heterocycles. The Bertz CT molecular complexity index is 1130. The molecule has 4 rings (SSSR count). The Morgan fingerprint density at radius 3 is 2.58 bits per heavy atom. The topological polar surface area (TPSA) is 58.2 Å².